The molecule has 35 heavy (non-hydrogen) atoms. The average Bonchev–Trinajstić information content (AvgIpc) is 2.89. The molecule has 0 aromatic heterocycles. The molecule has 4 nitrogen and oxygen atoms in total. The number of aryl methyl sites for hydroxylation is 1. The van der Waals surface area contributed by atoms with Crippen molar-refractivity contribution >= 4 is 27.5 Å². The van der Waals surface area contributed by atoms with Crippen molar-refractivity contribution in [1.29, 1.82) is 0 Å². The highest BCUT2D eigenvalue weighted by atomic mass is 32.2. The topological polar surface area (TPSA) is 63.2 Å². The van der Waals surface area contributed by atoms with E-state index >= 15 is 0 Å². The predicted octanol–water partition coefficient (Wildman–Crippen LogP) is 5.87. The van der Waals surface area contributed by atoms with E-state index in [1.165, 1.54) is 0 Å². The standard InChI is InChI=1S/C30H27NO3S/c1-23-17-19-27(20-18-23)35(33,34)31-22-29(26-15-9-4-10-16-26)30(32)28(25-13-7-3-8-14-25)21-24-11-5-2-6-12-24/h2-21,29,31H,22H2,1H3/b28-21+. The van der Waals surface area contributed by atoms with E-state index in [2.05, 4.69) is 4.72 Å². The van der Waals surface area contributed by atoms with Crippen molar-refractivity contribution in [3.63, 3.8) is 0 Å². The Morgan fingerprint density at radius 3 is 1.91 bits per heavy atom. The summed E-state index contributed by atoms with van der Waals surface area (Å²) in [6, 6.07) is 35.1. The van der Waals surface area contributed by atoms with Crippen molar-refractivity contribution < 1.29 is 13.2 Å². The molecule has 4 aromatic rings. The van der Waals surface area contributed by atoms with Crippen LogP contribution in [0.5, 0.6) is 0 Å². The van der Waals surface area contributed by atoms with E-state index in [9.17, 15) is 13.2 Å². The number of hydrogen-bond acceptors (Lipinski definition) is 3. The zero-order valence-corrected chi connectivity index (χ0v) is 20.3. The molecule has 0 aliphatic rings. The molecule has 0 spiro atoms. The number of carbonyl (C=O) groups is 1. The van der Waals surface area contributed by atoms with Gasteiger partial charge in [0.2, 0.25) is 10.0 Å². The third-order valence-corrected chi connectivity index (χ3v) is 7.23. The molecule has 1 atom stereocenters. The van der Waals surface area contributed by atoms with E-state index in [1.54, 1.807) is 24.3 Å². The van der Waals surface area contributed by atoms with E-state index in [0.717, 1.165) is 22.3 Å². The van der Waals surface area contributed by atoms with Gasteiger partial charge in [-0.05, 0) is 41.8 Å². The number of nitrogens with one attached hydrogen (secondary N) is 1. The second-order valence-electron chi connectivity index (χ2n) is 8.33. The van der Waals surface area contributed by atoms with E-state index in [0.29, 0.717) is 5.57 Å². The lowest BCUT2D eigenvalue weighted by Gasteiger charge is -2.19. The van der Waals surface area contributed by atoms with Crippen molar-refractivity contribution in [1.82, 2.24) is 4.72 Å². The summed E-state index contributed by atoms with van der Waals surface area (Å²) in [5.41, 5.74) is 3.93. The first kappa shape index (κ1) is 24.3. The molecule has 0 heterocycles. The van der Waals surface area contributed by atoms with Gasteiger partial charge in [-0.3, -0.25) is 4.79 Å². The summed E-state index contributed by atoms with van der Waals surface area (Å²) in [5, 5.41) is 0. The molecule has 5 heteroatoms. The average molecular weight is 482 g/mol. The van der Waals surface area contributed by atoms with Crippen LogP contribution in [-0.4, -0.2) is 20.7 Å². The lowest BCUT2D eigenvalue weighted by atomic mass is 9.87. The minimum absolute atomic E-state index is 0.0575. The molecule has 0 amide bonds. The van der Waals surface area contributed by atoms with Gasteiger partial charge in [0.05, 0.1) is 10.8 Å². The van der Waals surface area contributed by atoms with Crippen LogP contribution < -0.4 is 4.72 Å². The van der Waals surface area contributed by atoms with Crippen LogP contribution in [0.1, 0.15) is 28.2 Å². The Bertz CT molecular complexity index is 1400. The Kier molecular flexibility index (Phi) is 7.70. The van der Waals surface area contributed by atoms with Gasteiger partial charge in [0.15, 0.2) is 5.78 Å². The summed E-state index contributed by atoms with van der Waals surface area (Å²) >= 11 is 0. The maximum Gasteiger partial charge on any atom is 0.240 e. The molecule has 0 radical (unpaired) electrons. The van der Waals surface area contributed by atoms with Gasteiger partial charge in [-0.1, -0.05) is 109 Å². The van der Waals surface area contributed by atoms with Crippen molar-refractivity contribution in [3.05, 3.63) is 138 Å². The number of Topliss-reactive ketones (excluding diaryl/α,β-unsaturated/α-hetero) is 1. The minimum Gasteiger partial charge on any atom is -0.293 e. The van der Waals surface area contributed by atoms with E-state index in [-0.39, 0.29) is 17.2 Å². The molecule has 0 aliphatic heterocycles. The normalized spacial score (nSPS) is 12.8. The van der Waals surface area contributed by atoms with Crippen LogP contribution in [0.25, 0.3) is 11.6 Å². The molecular formula is C30H27NO3S. The van der Waals surface area contributed by atoms with Gasteiger partial charge in [0.1, 0.15) is 0 Å². The third kappa shape index (κ3) is 6.21. The number of ketones is 1. The first-order valence-electron chi connectivity index (χ1n) is 11.4. The lowest BCUT2D eigenvalue weighted by Crippen LogP contribution is -2.32. The van der Waals surface area contributed by atoms with Crippen molar-refractivity contribution in [2.24, 2.45) is 0 Å². The fourth-order valence-electron chi connectivity index (χ4n) is 3.86. The maximum absolute atomic E-state index is 14.0. The molecule has 0 fully saturated rings. The molecule has 0 saturated carbocycles. The Morgan fingerprint density at radius 1 is 0.771 bits per heavy atom. The van der Waals surface area contributed by atoms with Crippen LogP contribution in [0.4, 0.5) is 0 Å². The van der Waals surface area contributed by atoms with Crippen molar-refractivity contribution in [2.75, 3.05) is 6.54 Å². The summed E-state index contributed by atoms with van der Waals surface area (Å²) in [6.45, 7) is 1.84. The molecule has 0 aliphatic carbocycles. The summed E-state index contributed by atoms with van der Waals surface area (Å²) in [5.74, 6) is -0.857. The highest BCUT2D eigenvalue weighted by Gasteiger charge is 2.27. The highest BCUT2D eigenvalue weighted by molar-refractivity contribution is 7.89. The Balaban J connectivity index is 1.71. The number of sulfonamides is 1. The van der Waals surface area contributed by atoms with E-state index in [1.807, 2.05) is 104 Å². The Hall–Kier alpha value is -3.80. The number of benzene rings is 4. The second-order valence-corrected chi connectivity index (χ2v) is 10.1. The summed E-state index contributed by atoms with van der Waals surface area (Å²) in [6.07, 6.45) is 1.86. The second kappa shape index (κ2) is 11.1. The maximum atomic E-state index is 14.0. The molecule has 0 saturated heterocycles. The molecule has 4 rings (SSSR count). The first-order chi connectivity index (χ1) is 16.9. The zero-order chi connectivity index (χ0) is 24.7. The van der Waals surface area contributed by atoms with Crippen LogP contribution >= 0.6 is 0 Å². The Labute approximate surface area is 207 Å². The highest BCUT2D eigenvalue weighted by Crippen LogP contribution is 2.28. The predicted molar refractivity (Wildman–Crippen MR) is 141 cm³/mol. The Morgan fingerprint density at radius 2 is 1.31 bits per heavy atom. The van der Waals surface area contributed by atoms with Crippen molar-refractivity contribution in [3.8, 4) is 0 Å². The van der Waals surface area contributed by atoms with Crippen LogP contribution in [0.3, 0.4) is 0 Å². The van der Waals surface area contributed by atoms with E-state index < -0.39 is 15.9 Å². The van der Waals surface area contributed by atoms with Crippen LogP contribution in [-0.2, 0) is 14.8 Å². The largest absolute Gasteiger partial charge is 0.293 e. The number of rotatable bonds is 9. The molecule has 1 unspecified atom stereocenters. The summed E-state index contributed by atoms with van der Waals surface area (Å²) < 4.78 is 28.7. The lowest BCUT2D eigenvalue weighted by molar-refractivity contribution is -0.114. The minimum atomic E-state index is -3.78. The monoisotopic (exact) mass is 481 g/mol. The number of hydrogen-bond donors (Lipinski definition) is 1. The van der Waals surface area contributed by atoms with Gasteiger partial charge in [0.25, 0.3) is 0 Å². The molecule has 176 valence electrons. The number of carbonyl (C=O) groups excluding carboxylic acids is 1. The fraction of sp³-hybridized carbons (Fsp3) is 0.100. The smallest absolute Gasteiger partial charge is 0.240 e. The van der Waals surface area contributed by atoms with Gasteiger partial charge < -0.3 is 0 Å². The quantitative estimate of drug-likeness (QED) is 0.240. The zero-order valence-electron chi connectivity index (χ0n) is 19.5. The summed E-state index contributed by atoms with van der Waals surface area (Å²) in [7, 11) is -3.78. The van der Waals surface area contributed by atoms with Crippen LogP contribution in [0.15, 0.2) is 120 Å². The summed E-state index contributed by atoms with van der Waals surface area (Å²) in [4.78, 5) is 14.2. The van der Waals surface area contributed by atoms with Crippen molar-refractivity contribution in [2.45, 2.75) is 17.7 Å². The fourth-order valence-corrected chi connectivity index (χ4v) is 4.91. The van der Waals surface area contributed by atoms with Gasteiger partial charge in [0, 0.05) is 12.1 Å². The van der Waals surface area contributed by atoms with Crippen LogP contribution in [0, 0.1) is 6.92 Å². The van der Waals surface area contributed by atoms with Gasteiger partial charge >= 0.3 is 0 Å². The number of allylic oxidation sites excluding steroid dienone is 1. The van der Waals surface area contributed by atoms with E-state index in [4.69, 9.17) is 0 Å². The molecular weight excluding hydrogens is 454 g/mol. The molecule has 0 bridgehead atoms. The molecule has 4 aromatic carbocycles. The van der Waals surface area contributed by atoms with Gasteiger partial charge in [-0.15, -0.1) is 0 Å². The third-order valence-electron chi connectivity index (χ3n) is 5.79. The first-order valence-corrected chi connectivity index (χ1v) is 12.9. The van der Waals surface area contributed by atoms with Gasteiger partial charge in [-0.2, -0.15) is 0 Å². The van der Waals surface area contributed by atoms with Crippen LogP contribution in [0.2, 0.25) is 0 Å². The molecule has 1 N–H and O–H groups in total. The SMILES string of the molecule is Cc1ccc(S(=O)(=O)NCC(C(=O)/C(=C/c2ccccc2)c2ccccc2)c2ccccc2)cc1. The van der Waals surface area contributed by atoms with Gasteiger partial charge in [-0.25, -0.2) is 13.1 Å².